The molecule has 0 aliphatic rings. The zero-order valence-corrected chi connectivity index (χ0v) is 11.3. The van der Waals surface area contributed by atoms with Crippen LogP contribution < -0.4 is 9.47 Å². The van der Waals surface area contributed by atoms with Gasteiger partial charge in [-0.2, -0.15) is 0 Å². The van der Waals surface area contributed by atoms with Gasteiger partial charge in [-0.25, -0.2) is 4.98 Å². The lowest BCUT2D eigenvalue weighted by molar-refractivity contribution is -0.386. The summed E-state index contributed by atoms with van der Waals surface area (Å²) in [5.41, 5.74) is 0.489. The van der Waals surface area contributed by atoms with Crippen LogP contribution in [-0.2, 0) is 6.61 Å². The highest BCUT2D eigenvalue weighted by Gasteiger charge is 2.17. The Morgan fingerprint density at radius 1 is 1.40 bits per heavy atom. The molecular weight excluding hydrogens is 284 g/mol. The third kappa shape index (κ3) is 3.16. The standard InChI is InChI=1S/C13H11ClN2O4/c1-19-10-4-5-12(11(7-10)16(17)18)20-8-9-3-2-6-15-13(9)14/h2-7H,8H2,1H3. The summed E-state index contributed by atoms with van der Waals surface area (Å²) in [5, 5.41) is 11.3. The molecule has 0 aliphatic heterocycles. The van der Waals surface area contributed by atoms with Crippen LogP contribution >= 0.6 is 11.6 Å². The molecule has 0 fully saturated rings. The molecule has 1 heterocycles. The molecule has 104 valence electrons. The molecule has 0 atom stereocenters. The maximum absolute atomic E-state index is 11.0. The highest BCUT2D eigenvalue weighted by Crippen LogP contribution is 2.31. The van der Waals surface area contributed by atoms with Gasteiger partial charge in [0.25, 0.3) is 0 Å². The van der Waals surface area contributed by atoms with Crippen molar-refractivity contribution in [2.24, 2.45) is 0 Å². The van der Waals surface area contributed by atoms with Crippen molar-refractivity contribution in [2.45, 2.75) is 6.61 Å². The van der Waals surface area contributed by atoms with Gasteiger partial charge in [0.15, 0.2) is 5.75 Å². The van der Waals surface area contributed by atoms with E-state index in [1.54, 1.807) is 24.4 Å². The van der Waals surface area contributed by atoms with Crippen LogP contribution in [0, 0.1) is 10.1 Å². The maximum atomic E-state index is 11.0. The van der Waals surface area contributed by atoms with Gasteiger partial charge in [-0.1, -0.05) is 17.7 Å². The van der Waals surface area contributed by atoms with Crippen LogP contribution in [0.5, 0.6) is 11.5 Å². The van der Waals surface area contributed by atoms with Gasteiger partial charge in [0.05, 0.1) is 18.1 Å². The lowest BCUT2D eigenvalue weighted by Gasteiger charge is -2.08. The van der Waals surface area contributed by atoms with Gasteiger partial charge >= 0.3 is 5.69 Å². The van der Waals surface area contributed by atoms with Gasteiger partial charge in [0.2, 0.25) is 0 Å². The minimum absolute atomic E-state index is 0.0971. The lowest BCUT2D eigenvalue weighted by Crippen LogP contribution is -2.00. The Hall–Kier alpha value is -2.34. The first-order valence-corrected chi connectivity index (χ1v) is 6.04. The van der Waals surface area contributed by atoms with Gasteiger partial charge in [-0.05, 0) is 18.2 Å². The molecule has 0 spiro atoms. The molecule has 0 bridgehead atoms. The van der Waals surface area contributed by atoms with Crippen LogP contribution in [0.25, 0.3) is 0 Å². The molecular formula is C13H11ClN2O4. The third-order valence-electron chi connectivity index (χ3n) is 2.58. The average molecular weight is 295 g/mol. The molecule has 6 nitrogen and oxygen atoms in total. The van der Waals surface area contributed by atoms with Crippen LogP contribution in [0.3, 0.4) is 0 Å². The number of rotatable bonds is 5. The number of nitro benzene ring substituents is 1. The minimum atomic E-state index is -0.525. The molecule has 1 aromatic heterocycles. The number of hydrogen-bond acceptors (Lipinski definition) is 5. The fourth-order valence-electron chi connectivity index (χ4n) is 1.57. The summed E-state index contributed by atoms with van der Waals surface area (Å²) in [6.07, 6.45) is 1.56. The SMILES string of the molecule is COc1ccc(OCc2cccnc2Cl)c([N+](=O)[O-])c1. The Balaban J connectivity index is 2.21. The predicted octanol–water partition coefficient (Wildman–Crippen LogP) is 3.23. The third-order valence-corrected chi connectivity index (χ3v) is 2.92. The van der Waals surface area contributed by atoms with Gasteiger partial charge in [-0.15, -0.1) is 0 Å². The van der Waals surface area contributed by atoms with E-state index in [-0.39, 0.29) is 18.0 Å². The molecule has 0 radical (unpaired) electrons. The number of nitro groups is 1. The zero-order chi connectivity index (χ0) is 14.5. The number of ether oxygens (including phenoxy) is 2. The van der Waals surface area contributed by atoms with Crippen LogP contribution in [0.2, 0.25) is 5.15 Å². The Morgan fingerprint density at radius 3 is 2.85 bits per heavy atom. The number of halogens is 1. The molecule has 0 aliphatic carbocycles. The van der Waals surface area contributed by atoms with Crippen molar-refractivity contribution in [3.05, 3.63) is 57.4 Å². The van der Waals surface area contributed by atoms with Crippen LogP contribution in [0.1, 0.15) is 5.56 Å². The highest BCUT2D eigenvalue weighted by atomic mass is 35.5. The lowest BCUT2D eigenvalue weighted by atomic mass is 10.2. The highest BCUT2D eigenvalue weighted by molar-refractivity contribution is 6.30. The predicted molar refractivity (Wildman–Crippen MR) is 73.2 cm³/mol. The molecule has 0 saturated carbocycles. The second-order valence-corrected chi connectivity index (χ2v) is 4.19. The molecule has 0 N–H and O–H groups in total. The molecule has 2 rings (SSSR count). The topological polar surface area (TPSA) is 74.5 Å². The van der Waals surface area contributed by atoms with Crippen molar-refractivity contribution in [1.29, 1.82) is 0 Å². The number of benzene rings is 1. The Labute approximate surface area is 120 Å². The second-order valence-electron chi connectivity index (χ2n) is 3.83. The van der Waals surface area contributed by atoms with Crippen molar-refractivity contribution in [3.8, 4) is 11.5 Å². The summed E-state index contributed by atoms with van der Waals surface area (Å²) in [6, 6.07) is 7.84. The summed E-state index contributed by atoms with van der Waals surface area (Å²) in [7, 11) is 1.44. The van der Waals surface area contributed by atoms with Gasteiger partial charge in [-0.3, -0.25) is 10.1 Å². The van der Waals surface area contributed by atoms with Crippen molar-refractivity contribution in [3.63, 3.8) is 0 Å². The van der Waals surface area contributed by atoms with Crippen LogP contribution in [0.15, 0.2) is 36.5 Å². The Kier molecular flexibility index (Phi) is 4.37. The van der Waals surface area contributed by atoms with E-state index in [2.05, 4.69) is 4.98 Å². The van der Waals surface area contributed by atoms with E-state index in [4.69, 9.17) is 21.1 Å². The first-order valence-electron chi connectivity index (χ1n) is 5.66. The number of pyridine rings is 1. The summed E-state index contributed by atoms with van der Waals surface area (Å²) >= 11 is 5.90. The summed E-state index contributed by atoms with van der Waals surface area (Å²) < 4.78 is 10.4. The van der Waals surface area contributed by atoms with E-state index in [0.29, 0.717) is 16.5 Å². The van der Waals surface area contributed by atoms with Crippen LogP contribution in [0.4, 0.5) is 5.69 Å². The molecule has 2 aromatic rings. The Morgan fingerprint density at radius 2 is 2.20 bits per heavy atom. The van der Waals surface area contributed by atoms with Gasteiger partial charge in [0, 0.05) is 11.8 Å². The summed E-state index contributed by atoms with van der Waals surface area (Å²) in [5.74, 6) is 0.541. The average Bonchev–Trinajstić information content (AvgIpc) is 2.46. The Bertz CT molecular complexity index is 634. The monoisotopic (exact) mass is 294 g/mol. The number of aromatic nitrogens is 1. The number of nitrogens with zero attached hydrogens (tertiary/aromatic N) is 2. The quantitative estimate of drug-likeness (QED) is 0.481. The van der Waals surface area contributed by atoms with E-state index in [0.717, 1.165) is 0 Å². The largest absolute Gasteiger partial charge is 0.496 e. The minimum Gasteiger partial charge on any atom is -0.496 e. The normalized spacial score (nSPS) is 10.1. The van der Waals surface area contributed by atoms with Crippen LogP contribution in [-0.4, -0.2) is 17.0 Å². The second kappa shape index (κ2) is 6.21. The van der Waals surface area contributed by atoms with Gasteiger partial charge < -0.3 is 9.47 Å². The fraction of sp³-hybridized carbons (Fsp3) is 0.154. The summed E-state index contributed by atoms with van der Waals surface area (Å²) in [4.78, 5) is 14.4. The molecule has 7 heteroatoms. The van der Waals surface area contributed by atoms with Crippen molar-refractivity contribution in [2.75, 3.05) is 7.11 Å². The van der Waals surface area contributed by atoms with E-state index in [1.165, 1.54) is 19.2 Å². The number of methoxy groups -OCH3 is 1. The summed E-state index contributed by atoms with van der Waals surface area (Å²) in [6.45, 7) is 0.0971. The first kappa shape index (κ1) is 14.1. The maximum Gasteiger partial charge on any atom is 0.314 e. The van der Waals surface area contributed by atoms with Crippen molar-refractivity contribution >= 4 is 17.3 Å². The van der Waals surface area contributed by atoms with Gasteiger partial charge in [0.1, 0.15) is 17.5 Å². The van der Waals surface area contributed by atoms with E-state index in [1.807, 2.05) is 0 Å². The zero-order valence-electron chi connectivity index (χ0n) is 10.6. The van der Waals surface area contributed by atoms with Crippen molar-refractivity contribution in [1.82, 2.24) is 4.98 Å². The number of hydrogen-bond donors (Lipinski definition) is 0. The van der Waals surface area contributed by atoms with E-state index >= 15 is 0 Å². The molecule has 0 amide bonds. The molecule has 0 saturated heterocycles. The fourth-order valence-corrected chi connectivity index (χ4v) is 1.75. The first-order chi connectivity index (χ1) is 9.61. The van der Waals surface area contributed by atoms with E-state index in [9.17, 15) is 10.1 Å². The molecule has 1 aromatic carbocycles. The van der Waals surface area contributed by atoms with Crippen molar-refractivity contribution < 1.29 is 14.4 Å². The molecule has 0 unspecified atom stereocenters. The van der Waals surface area contributed by atoms with E-state index < -0.39 is 4.92 Å². The smallest absolute Gasteiger partial charge is 0.314 e. The molecule has 20 heavy (non-hydrogen) atoms.